The number of amidine groups is 1. The van der Waals surface area contributed by atoms with Crippen LogP contribution in [0.25, 0.3) is 0 Å². The van der Waals surface area contributed by atoms with Gasteiger partial charge in [-0.1, -0.05) is 36.4 Å². The Balaban J connectivity index is 1.89. The zero-order valence-corrected chi connectivity index (χ0v) is 17.9. The van der Waals surface area contributed by atoms with Gasteiger partial charge in [0.1, 0.15) is 18.1 Å². The molecule has 166 valence electrons. The summed E-state index contributed by atoms with van der Waals surface area (Å²) in [5.74, 6) is -0.0284. The maximum atomic E-state index is 13.8. The largest absolute Gasteiger partial charge is 0.412 e. The number of aliphatic hydroxyl groups is 1. The number of nitrogens with zero attached hydrogens (tertiary/aromatic N) is 4. The molecule has 1 aromatic heterocycles. The standard InChI is InChI=1S/C23H24FN4O4/c1-26-20-19(21(30)27(23(26)31)12-7-13-29)28(2,15-16-8-4-3-5-9-16)22(25-20)32-18-11-6-10-17(24)14-18/h3-6,8-11,14,29H,7,12-13,15H2,1-2H3/q+1. The van der Waals surface area contributed by atoms with E-state index in [0.29, 0.717) is 6.54 Å². The van der Waals surface area contributed by atoms with E-state index in [0.717, 1.165) is 10.1 Å². The minimum Gasteiger partial charge on any atom is -0.397 e. The number of quaternary nitrogens is 1. The van der Waals surface area contributed by atoms with Crippen molar-refractivity contribution in [3.63, 3.8) is 0 Å². The number of aliphatic imine (C=N–C) groups is 1. The van der Waals surface area contributed by atoms with Crippen molar-refractivity contribution in [2.24, 2.45) is 12.0 Å². The average Bonchev–Trinajstić information content (AvgIpc) is 3.05. The molecule has 0 bridgehead atoms. The highest BCUT2D eigenvalue weighted by Gasteiger charge is 2.47. The summed E-state index contributed by atoms with van der Waals surface area (Å²) >= 11 is 0. The van der Waals surface area contributed by atoms with Crippen LogP contribution in [0.3, 0.4) is 0 Å². The van der Waals surface area contributed by atoms with Crippen molar-refractivity contribution in [1.29, 1.82) is 0 Å². The monoisotopic (exact) mass is 439 g/mol. The molecule has 1 N–H and O–H groups in total. The van der Waals surface area contributed by atoms with Crippen LogP contribution >= 0.6 is 0 Å². The van der Waals surface area contributed by atoms with E-state index in [2.05, 4.69) is 4.99 Å². The highest BCUT2D eigenvalue weighted by atomic mass is 19.1. The van der Waals surface area contributed by atoms with Crippen molar-refractivity contribution in [3.05, 3.63) is 86.8 Å². The number of hydrogen-bond acceptors (Lipinski definition) is 5. The molecule has 4 rings (SSSR count). The third-order valence-electron chi connectivity index (χ3n) is 5.50. The SMILES string of the molecule is Cn1c2c(c(=O)n(CCCO)c1=O)[N+](C)(Cc1ccccc1)C(Oc1cccc(F)c1)=N2. The van der Waals surface area contributed by atoms with Gasteiger partial charge < -0.3 is 9.84 Å². The molecule has 32 heavy (non-hydrogen) atoms. The molecule has 0 saturated heterocycles. The van der Waals surface area contributed by atoms with E-state index in [4.69, 9.17) is 4.74 Å². The van der Waals surface area contributed by atoms with Crippen LogP contribution in [0.15, 0.2) is 69.2 Å². The van der Waals surface area contributed by atoms with Crippen molar-refractivity contribution in [2.75, 3.05) is 13.7 Å². The fourth-order valence-electron chi connectivity index (χ4n) is 3.88. The van der Waals surface area contributed by atoms with Crippen LogP contribution < -0.4 is 20.5 Å². The van der Waals surface area contributed by atoms with Gasteiger partial charge in [-0.3, -0.25) is 13.9 Å². The number of benzene rings is 2. The van der Waals surface area contributed by atoms with Crippen molar-refractivity contribution in [1.82, 2.24) is 13.6 Å². The van der Waals surface area contributed by atoms with E-state index in [-0.39, 0.29) is 47.3 Å². The van der Waals surface area contributed by atoms with Gasteiger partial charge in [0.2, 0.25) is 5.82 Å². The fourth-order valence-corrected chi connectivity index (χ4v) is 3.88. The molecule has 0 spiro atoms. The Morgan fingerprint density at radius 2 is 1.88 bits per heavy atom. The van der Waals surface area contributed by atoms with E-state index < -0.39 is 17.1 Å². The van der Waals surface area contributed by atoms with Gasteiger partial charge in [0.05, 0.1) is 7.05 Å². The molecule has 0 fully saturated rings. The normalized spacial score (nSPS) is 17.2. The first-order valence-corrected chi connectivity index (χ1v) is 10.2. The Morgan fingerprint density at radius 1 is 1.12 bits per heavy atom. The number of halogens is 1. The lowest BCUT2D eigenvalue weighted by molar-refractivity contribution is 0.277. The molecule has 2 aromatic carbocycles. The van der Waals surface area contributed by atoms with E-state index >= 15 is 0 Å². The molecule has 3 aromatic rings. The molecule has 1 unspecified atom stereocenters. The summed E-state index contributed by atoms with van der Waals surface area (Å²) in [5, 5.41) is 9.20. The summed E-state index contributed by atoms with van der Waals surface area (Å²) in [7, 11) is 3.32. The quantitative estimate of drug-likeness (QED) is 0.597. The van der Waals surface area contributed by atoms with Gasteiger partial charge in [-0.2, -0.15) is 4.48 Å². The minimum absolute atomic E-state index is 0.0840. The smallest absolute Gasteiger partial charge is 0.397 e. The lowest BCUT2D eigenvalue weighted by Gasteiger charge is -2.28. The molecule has 0 saturated carbocycles. The molecule has 0 amide bonds. The molecule has 2 heterocycles. The highest BCUT2D eigenvalue weighted by Crippen LogP contribution is 2.37. The van der Waals surface area contributed by atoms with Gasteiger partial charge in [0.25, 0.3) is 5.69 Å². The summed E-state index contributed by atoms with van der Waals surface area (Å²) in [6.07, 6.45) is 0.268. The Morgan fingerprint density at radius 3 is 2.56 bits per heavy atom. The number of rotatable bonds is 6. The second-order valence-corrected chi connectivity index (χ2v) is 7.84. The van der Waals surface area contributed by atoms with Gasteiger partial charge in [0, 0.05) is 31.8 Å². The van der Waals surface area contributed by atoms with Gasteiger partial charge in [0.15, 0.2) is 0 Å². The molecule has 0 radical (unpaired) electrons. The molecular formula is C23H24FN4O4+. The van der Waals surface area contributed by atoms with Crippen molar-refractivity contribution in [3.8, 4) is 5.75 Å². The molecule has 1 aliphatic rings. The minimum atomic E-state index is -0.524. The summed E-state index contributed by atoms with van der Waals surface area (Å²) in [6.45, 7) is 0.267. The first-order valence-electron chi connectivity index (χ1n) is 10.2. The van der Waals surface area contributed by atoms with Gasteiger partial charge in [-0.15, -0.1) is 4.99 Å². The third kappa shape index (κ3) is 3.76. The van der Waals surface area contributed by atoms with Crippen LogP contribution in [-0.4, -0.2) is 33.9 Å². The Kier molecular flexibility index (Phi) is 5.77. The average molecular weight is 439 g/mol. The Labute approximate surface area is 183 Å². The van der Waals surface area contributed by atoms with E-state index in [1.54, 1.807) is 13.1 Å². The van der Waals surface area contributed by atoms with Gasteiger partial charge in [-0.05, 0) is 18.6 Å². The Hall–Kier alpha value is -3.56. The van der Waals surface area contributed by atoms with E-state index in [1.165, 1.54) is 29.8 Å². The summed E-state index contributed by atoms with van der Waals surface area (Å²) in [5.41, 5.74) is 0.189. The van der Waals surface area contributed by atoms with Gasteiger partial charge >= 0.3 is 17.3 Å². The first kappa shape index (κ1) is 21.7. The highest BCUT2D eigenvalue weighted by molar-refractivity contribution is 5.97. The summed E-state index contributed by atoms with van der Waals surface area (Å²) < 4.78 is 22.0. The van der Waals surface area contributed by atoms with Crippen LogP contribution in [0.1, 0.15) is 12.0 Å². The van der Waals surface area contributed by atoms with Crippen LogP contribution in [0, 0.1) is 5.82 Å². The Bertz CT molecular complexity index is 1300. The van der Waals surface area contributed by atoms with Crippen LogP contribution in [0.2, 0.25) is 0 Å². The molecule has 1 atom stereocenters. The number of ether oxygens (including phenoxy) is 1. The molecule has 0 aliphatic carbocycles. The number of aromatic nitrogens is 2. The molecule has 8 nitrogen and oxygen atoms in total. The predicted octanol–water partition coefficient (Wildman–Crippen LogP) is 2.29. The number of fused-ring (bicyclic) bond motifs is 1. The maximum Gasteiger partial charge on any atom is 0.412 e. The lowest BCUT2D eigenvalue weighted by Crippen LogP contribution is -2.54. The van der Waals surface area contributed by atoms with Crippen molar-refractivity contribution < 1.29 is 14.2 Å². The van der Waals surface area contributed by atoms with Crippen molar-refractivity contribution >= 4 is 17.5 Å². The van der Waals surface area contributed by atoms with E-state index in [9.17, 15) is 19.1 Å². The predicted molar refractivity (Wildman–Crippen MR) is 120 cm³/mol. The molecule has 1 aliphatic heterocycles. The summed E-state index contributed by atoms with van der Waals surface area (Å²) in [4.78, 5) is 30.8. The number of hydrogen-bond donors (Lipinski definition) is 1. The zero-order valence-electron chi connectivity index (χ0n) is 17.9. The topological polar surface area (TPSA) is 85.8 Å². The van der Waals surface area contributed by atoms with Crippen molar-refractivity contribution in [2.45, 2.75) is 19.5 Å². The maximum absolute atomic E-state index is 13.8. The lowest BCUT2D eigenvalue weighted by atomic mass is 10.2. The number of aliphatic hydroxyl groups excluding tert-OH is 1. The fraction of sp³-hybridized carbons (Fsp3) is 0.261. The molecular weight excluding hydrogens is 415 g/mol. The van der Waals surface area contributed by atoms with Crippen LogP contribution in [-0.2, 0) is 20.1 Å². The third-order valence-corrected chi connectivity index (χ3v) is 5.50. The van der Waals surface area contributed by atoms with E-state index in [1.807, 2.05) is 30.3 Å². The second kappa shape index (κ2) is 8.52. The second-order valence-electron chi connectivity index (χ2n) is 7.84. The van der Waals surface area contributed by atoms with Crippen LogP contribution in [0.5, 0.6) is 5.75 Å². The molecule has 9 heteroatoms. The summed E-state index contributed by atoms with van der Waals surface area (Å²) in [6, 6.07) is 15.3. The van der Waals surface area contributed by atoms with Crippen LogP contribution in [0.4, 0.5) is 15.9 Å². The zero-order chi connectivity index (χ0) is 22.9. The first-order chi connectivity index (χ1) is 15.3. The van der Waals surface area contributed by atoms with Gasteiger partial charge in [-0.25, -0.2) is 9.18 Å².